The molecule has 3 rings (SSSR count). The first-order chi connectivity index (χ1) is 12.1. The lowest BCUT2D eigenvalue weighted by Gasteiger charge is -2.30. The zero-order valence-corrected chi connectivity index (χ0v) is 15.2. The Morgan fingerprint density at radius 3 is 2.56 bits per heavy atom. The van der Waals surface area contributed by atoms with Crippen molar-refractivity contribution in [3.8, 4) is 11.5 Å². The van der Waals surface area contributed by atoms with Gasteiger partial charge in [-0.25, -0.2) is 0 Å². The second kappa shape index (κ2) is 7.60. The normalized spacial score (nSPS) is 13.3. The highest BCUT2D eigenvalue weighted by Gasteiger charge is 2.24. The first kappa shape index (κ1) is 17.3. The maximum absolute atomic E-state index is 13.1. The number of amides is 1. The molecule has 0 aromatic heterocycles. The number of hydrogen-bond acceptors (Lipinski definition) is 3. The number of ether oxygens (including phenoxy) is 2. The second-order valence-corrected chi connectivity index (χ2v) is 6.22. The van der Waals surface area contributed by atoms with Gasteiger partial charge in [-0.1, -0.05) is 17.7 Å². The van der Waals surface area contributed by atoms with Crippen LogP contribution in [-0.4, -0.2) is 25.7 Å². The molecule has 4 nitrogen and oxygen atoms in total. The third-order valence-corrected chi connectivity index (χ3v) is 4.39. The quantitative estimate of drug-likeness (QED) is 0.811. The highest BCUT2D eigenvalue weighted by molar-refractivity contribution is 6.07. The number of nitrogens with zero attached hydrogens (tertiary/aromatic N) is 1. The number of carbonyl (C=O) groups is 1. The lowest BCUT2D eigenvalue weighted by Crippen LogP contribution is -2.35. The van der Waals surface area contributed by atoms with E-state index in [1.165, 1.54) is 11.1 Å². The lowest BCUT2D eigenvalue weighted by molar-refractivity contribution is 0.0984. The van der Waals surface area contributed by atoms with Gasteiger partial charge in [-0.05, 0) is 63.4 Å². The molecule has 132 valence electrons. The van der Waals surface area contributed by atoms with Gasteiger partial charge in [-0.2, -0.15) is 0 Å². The van der Waals surface area contributed by atoms with Gasteiger partial charge in [0.15, 0.2) is 11.5 Å². The Labute approximate surface area is 149 Å². The molecule has 2 aromatic rings. The molecule has 0 radical (unpaired) electrons. The zero-order chi connectivity index (χ0) is 17.8. The summed E-state index contributed by atoms with van der Waals surface area (Å²) in [5, 5.41) is 0. The fourth-order valence-electron chi connectivity index (χ4n) is 3.28. The van der Waals surface area contributed by atoms with E-state index in [0.717, 1.165) is 25.1 Å². The minimum absolute atomic E-state index is 0.00815. The minimum Gasteiger partial charge on any atom is -0.490 e. The fourth-order valence-corrected chi connectivity index (χ4v) is 3.28. The van der Waals surface area contributed by atoms with Crippen LogP contribution >= 0.6 is 0 Å². The molecule has 1 aliphatic heterocycles. The smallest absolute Gasteiger partial charge is 0.258 e. The molecule has 25 heavy (non-hydrogen) atoms. The fraction of sp³-hybridized carbons (Fsp3) is 0.381. The van der Waals surface area contributed by atoms with Crippen LogP contribution in [0.4, 0.5) is 5.69 Å². The number of benzene rings is 2. The largest absolute Gasteiger partial charge is 0.490 e. The maximum atomic E-state index is 13.1. The van der Waals surface area contributed by atoms with Crippen molar-refractivity contribution in [3.63, 3.8) is 0 Å². The van der Waals surface area contributed by atoms with Crippen LogP contribution in [0, 0.1) is 6.92 Å². The standard InChI is InChI=1S/C21H25NO3/c1-4-24-19-11-9-17(14-20(19)25-5-2)21(23)22-12-6-7-16-13-15(3)8-10-18(16)22/h8-11,13-14H,4-7,12H2,1-3H3. The second-order valence-electron chi connectivity index (χ2n) is 6.22. The van der Waals surface area contributed by atoms with Crippen molar-refractivity contribution >= 4 is 11.6 Å². The Morgan fingerprint density at radius 1 is 1.04 bits per heavy atom. The van der Waals surface area contributed by atoms with Crippen molar-refractivity contribution in [2.45, 2.75) is 33.6 Å². The Kier molecular flexibility index (Phi) is 5.27. The molecule has 4 heteroatoms. The summed E-state index contributed by atoms with van der Waals surface area (Å²) in [4.78, 5) is 15.0. The molecule has 2 aromatic carbocycles. The van der Waals surface area contributed by atoms with E-state index < -0.39 is 0 Å². The van der Waals surface area contributed by atoms with Crippen LogP contribution in [0.3, 0.4) is 0 Å². The molecule has 0 N–H and O–H groups in total. The lowest BCUT2D eigenvalue weighted by atomic mass is 9.99. The Morgan fingerprint density at radius 2 is 1.80 bits per heavy atom. The average Bonchev–Trinajstić information content (AvgIpc) is 2.62. The first-order valence-corrected chi connectivity index (χ1v) is 8.95. The molecule has 1 amide bonds. The zero-order valence-electron chi connectivity index (χ0n) is 15.2. The summed E-state index contributed by atoms with van der Waals surface area (Å²) >= 11 is 0. The number of hydrogen-bond donors (Lipinski definition) is 0. The van der Waals surface area contributed by atoms with Crippen LogP contribution in [-0.2, 0) is 6.42 Å². The van der Waals surface area contributed by atoms with Crippen LogP contribution in [0.1, 0.15) is 41.8 Å². The van der Waals surface area contributed by atoms with E-state index in [0.29, 0.717) is 30.3 Å². The molecule has 0 saturated carbocycles. The van der Waals surface area contributed by atoms with E-state index in [1.807, 2.05) is 30.9 Å². The van der Waals surface area contributed by atoms with E-state index in [2.05, 4.69) is 25.1 Å². The van der Waals surface area contributed by atoms with E-state index in [4.69, 9.17) is 9.47 Å². The number of anilines is 1. The Hall–Kier alpha value is -2.49. The van der Waals surface area contributed by atoms with Crippen molar-refractivity contribution in [2.24, 2.45) is 0 Å². The molecule has 0 atom stereocenters. The molecular formula is C21H25NO3. The van der Waals surface area contributed by atoms with Gasteiger partial charge >= 0.3 is 0 Å². The van der Waals surface area contributed by atoms with E-state index in [9.17, 15) is 4.79 Å². The van der Waals surface area contributed by atoms with Gasteiger partial charge in [0.25, 0.3) is 5.91 Å². The van der Waals surface area contributed by atoms with Crippen LogP contribution < -0.4 is 14.4 Å². The minimum atomic E-state index is 0.00815. The van der Waals surface area contributed by atoms with Crippen molar-refractivity contribution in [1.82, 2.24) is 0 Å². The summed E-state index contributed by atoms with van der Waals surface area (Å²) in [6, 6.07) is 11.7. The third-order valence-electron chi connectivity index (χ3n) is 4.39. The number of rotatable bonds is 5. The SMILES string of the molecule is CCOc1ccc(C(=O)N2CCCc3cc(C)ccc32)cc1OCC. The molecule has 0 unspecified atom stereocenters. The summed E-state index contributed by atoms with van der Waals surface area (Å²) in [6.07, 6.45) is 2.01. The topological polar surface area (TPSA) is 38.8 Å². The van der Waals surface area contributed by atoms with Gasteiger partial charge in [0, 0.05) is 17.8 Å². The van der Waals surface area contributed by atoms with Crippen LogP contribution in [0.2, 0.25) is 0 Å². The highest BCUT2D eigenvalue weighted by Crippen LogP contribution is 2.32. The van der Waals surface area contributed by atoms with Gasteiger partial charge in [0.2, 0.25) is 0 Å². The van der Waals surface area contributed by atoms with Gasteiger partial charge in [-0.3, -0.25) is 4.79 Å². The van der Waals surface area contributed by atoms with Crippen molar-refractivity contribution in [2.75, 3.05) is 24.7 Å². The summed E-state index contributed by atoms with van der Waals surface area (Å²) < 4.78 is 11.2. The number of carbonyl (C=O) groups excluding carboxylic acids is 1. The van der Waals surface area contributed by atoms with Crippen molar-refractivity contribution in [1.29, 1.82) is 0 Å². The van der Waals surface area contributed by atoms with Crippen LogP contribution in [0.25, 0.3) is 0 Å². The Balaban J connectivity index is 1.93. The predicted molar refractivity (Wildman–Crippen MR) is 100.0 cm³/mol. The van der Waals surface area contributed by atoms with Gasteiger partial charge in [0.05, 0.1) is 13.2 Å². The van der Waals surface area contributed by atoms with Crippen molar-refractivity contribution in [3.05, 3.63) is 53.1 Å². The number of aryl methyl sites for hydroxylation is 2. The summed E-state index contributed by atoms with van der Waals surface area (Å²) in [7, 11) is 0. The molecule has 0 aliphatic carbocycles. The van der Waals surface area contributed by atoms with E-state index in [-0.39, 0.29) is 5.91 Å². The maximum Gasteiger partial charge on any atom is 0.258 e. The number of fused-ring (bicyclic) bond motifs is 1. The average molecular weight is 339 g/mol. The summed E-state index contributed by atoms with van der Waals surface area (Å²) in [5.41, 5.74) is 4.12. The molecular weight excluding hydrogens is 314 g/mol. The highest BCUT2D eigenvalue weighted by atomic mass is 16.5. The van der Waals surface area contributed by atoms with Gasteiger partial charge in [-0.15, -0.1) is 0 Å². The first-order valence-electron chi connectivity index (χ1n) is 8.95. The molecule has 0 fully saturated rings. The third kappa shape index (κ3) is 3.63. The summed E-state index contributed by atoms with van der Waals surface area (Å²) in [6.45, 7) is 7.78. The Bertz CT molecular complexity index is 770. The molecule has 0 bridgehead atoms. The van der Waals surface area contributed by atoms with Crippen molar-refractivity contribution < 1.29 is 14.3 Å². The molecule has 1 aliphatic rings. The van der Waals surface area contributed by atoms with Crippen LogP contribution in [0.15, 0.2) is 36.4 Å². The predicted octanol–water partition coefficient (Wildman–Crippen LogP) is 4.39. The van der Waals surface area contributed by atoms with E-state index in [1.54, 1.807) is 6.07 Å². The molecule has 0 saturated heterocycles. The van der Waals surface area contributed by atoms with Gasteiger partial charge in [0.1, 0.15) is 0 Å². The molecule has 0 spiro atoms. The van der Waals surface area contributed by atoms with Gasteiger partial charge < -0.3 is 14.4 Å². The van der Waals surface area contributed by atoms with Crippen LogP contribution in [0.5, 0.6) is 11.5 Å². The monoisotopic (exact) mass is 339 g/mol. The molecule has 1 heterocycles. The summed E-state index contributed by atoms with van der Waals surface area (Å²) in [5.74, 6) is 1.31. The van der Waals surface area contributed by atoms with E-state index >= 15 is 0 Å².